The number of aryl methyl sites for hydroxylation is 1. The number of phenolic OH excluding ortho intramolecular Hbond substituents is 1. The highest BCUT2D eigenvalue weighted by molar-refractivity contribution is 7.13. The van der Waals surface area contributed by atoms with Crippen molar-refractivity contribution >= 4 is 46.5 Å². The van der Waals surface area contributed by atoms with E-state index in [0.29, 0.717) is 17.1 Å². The van der Waals surface area contributed by atoms with Gasteiger partial charge in [0.2, 0.25) is 23.7 Å². The van der Waals surface area contributed by atoms with Crippen LogP contribution in [0.4, 0.5) is 17.5 Å². The van der Waals surface area contributed by atoms with Crippen LogP contribution in [0.15, 0.2) is 72.5 Å². The Morgan fingerprint density at radius 2 is 1.57 bits per heavy atom. The van der Waals surface area contributed by atoms with Gasteiger partial charge in [0.15, 0.2) is 5.82 Å². The molecule has 3 amide bonds. The number of amides is 3. The van der Waals surface area contributed by atoms with E-state index < -0.39 is 23.6 Å². The number of carbonyl (C=O) groups excluding carboxylic acids is 3. The summed E-state index contributed by atoms with van der Waals surface area (Å²) in [7, 11) is 0. The van der Waals surface area contributed by atoms with Crippen molar-refractivity contribution < 1.29 is 24.6 Å². The minimum atomic E-state index is -0.897. The first-order valence-electron chi connectivity index (χ1n) is 24.3. The van der Waals surface area contributed by atoms with E-state index >= 15 is 0 Å². The Morgan fingerprint density at radius 3 is 2.22 bits per heavy atom. The third kappa shape index (κ3) is 9.45. The number of para-hydroxylation sites is 1. The summed E-state index contributed by atoms with van der Waals surface area (Å²) in [6.45, 7) is 9.66. The third-order valence-electron chi connectivity index (χ3n) is 15.1. The van der Waals surface area contributed by atoms with Crippen molar-refractivity contribution in [2.24, 2.45) is 5.41 Å². The van der Waals surface area contributed by atoms with E-state index in [1.165, 1.54) is 4.90 Å². The summed E-state index contributed by atoms with van der Waals surface area (Å²) >= 11 is 1.59. The van der Waals surface area contributed by atoms with Gasteiger partial charge in [0.25, 0.3) is 0 Å². The average Bonchev–Trinajstić information content (AvgIpc) is 4.07. The largest absolute Gasteiger partial charge is 0.507 e. The molecule has 5 aliphatic heterocycles. The number of β-amino-alcohol motifs (C(OH)–C–C–N with tert-alkyl or cyclic N) is 1. The first-order chi connectivity index (χ1) is 33.2. The smallest absolute Gasteiger partial charge is 0.246 e. The molecule has 0 radical (unpaired) electrons. The number of hydrogen-bond acceptors (Lipinski definition) is 15. The molecule has 362 valence electrons. The van der Waals surface area contributed by atoms with Crippen LogP contribution >= 0.6 is 11.3 Å². The second kappa shape index (κ2) is 18.9. The lowest BCUT2D eigenvalue weighted by Crippen LogP contribution is -2.59. The maximum atomic E-state index is 14.4. The molecule has 69 heavy (non-hydrogen) atoms. The average molecular weight is 955 g/mol. The van der Waals surface area contributed by atoms with Crippen LogP contribution in [0.2, 0.25) is 0 Å². The molecule has 4 unspecified atom stereocenters. The van der Waals surface area contributed by atoms with E-state index in [9.17, 15) is 24.6 Å². The highest BCUT2D eigenvalue weighted by Crippen LogP contribution is 2.44. The van der Waals surface area contributed by atoms with Gasteiger partial charge in [-0.15, -0.1) is 21.5 Å². The highest BCUT2D eigenvalue weighted by atomic mass is 32.1. The standard InChI is InChI=1S/C51H62N12O5S/c1-29-45(69-28-56-29)31-11-9-30(10-12-31)21-53-48(67)42-19-38(64)26-62(42)49(68)46(51(2,3)4)57-44(66)27-61-34-13-14-35(61)18-32(17-34)33-22-54-50(55-23-33)63-36-15-16-37(63)25-60(24-36)41-20-40(58-59-47(41)52)39-7-5-6-8-43(39)65/h5-12,20,22-23,28,32,34-38,42,46,64-65H,13-19,21,24-27H2,1-4H3,(H2,52,59)(H,53,67)(H,57,66)/t32?,34?,35?,36?,37?,38-,42+,46-/m1/s1. The van der Waals surface area contributed by atoms with Gasteiger partial charge in [-0.3, -0.25) is 19.3 Å². The number of fused-ring (bicyclic) bond motifs is 4. The molecule has 2 aromatic carbocycles. The van der Waals surface area contributed by atoms with Crippen LogP contribution in [0.25, 0.3) is 21.7 Å². The summed E-state index contributed by atoms with van der Waals surface area (Å²) in [5.74, 6) is 0.584. The number of nitrogen functional groups attached to an aromatic ring is 1. The Labute approximate surface area is 406 Å². The van der Waals surface area contributed by atoms with E-state index in [2.05, 4.69) is 40.5 Å². The van der Waals surface area contributed by atoms with Gasteiger partial charge in [-0.2, -0.15) is 0 Å². The van der Waals surface area contributed by atoms with Gasteiger partial charge in [0.1, 0.15) is 17.8 Å². The summed E-state index contributed by atoms with van der Waals surface area (Å²) in [6.07, 6.45) is 9.06. The van der Waals surface area contributed by atoms with Crippen molar-refractivity contribution in [2.45, 2.75) is 127 Å². The topological polar surface area (TPSA) is 219 Å². The summed E-state index contributed by atoms with van der Waals surface area (Å²) < 4.78 is 0. The molecule has 8 heterocycles. The van der Waals surface area contributed by atoms with Crippen LogP contribution in [-0.2, 0) is 20.9 Å². The maximum absolute atomic E-state index is 14.4. The zero-order valence-electron chi connectivity index (χ0n) is 39.7. The Bertz CT molecular complexity index is 2670. The molecule has 5 saturated heterocycles. The van der Waals surface area contributed by atoms with Crippen LogP contribution in [0, 0.1) is 12.3 Å². The number of carbonyl (C=O) groups is 3. The van der Waals surface area contributed by atoms with E-state index in [4.69, 9.17) is 15.7 Å². The number of benzene rings is 2. The van der Waals surface area contributed by atoms with Gasteiger partial charge >= 0.3 is 0 Å². The van der Waals surface area contributed by atoms with Crippen molar-refractivity contribution in [1.29, 1.82) is 0 Å². The van der Waals surface area contributed by atoms with Gasteiger partial charge in [-0.05, 0) is 91.7 Å². The second-order valence-corrected chi connectivity index (χ2v) is 21.6. The molecule has 0 aliphatic carbocycles. The number of likely N-dealkylation sites (tertiary alicyclic amines) is 1. The maximum Gasteiger partial charge on any atom is 0.246 e. The predicted molar refractivity (Wildman–Crippen MR) is 264 cm³/mol. The number of anilines is 3. The van der Waals surface area contributed by atoms with Crippen molar-refractivity contribution in [1.82, 2.24) is 45.6 Å². The zero-order chi connectivity index (χ0) is 48.1. The predicted octanol–water partition coefficient (Wildman–Crippen LogP) is 5.03. The van der Waals surface area contributed by atoms with Crippen molar-refractivity contribution in [2.75, 3.05) is 41.7 Å². The fourth-order valence-corrected chi connectivity index (χ4v) is 12.3. The van der Waals surface area contributed by atoms with Gasteiger partial charge < -0.3 is 41.3 Å². The van der Waals surface area contributed by atoms with E-state index in [1.807, 2.05) is 88.1 Å². The second-order valence-electron chi connectivity index (χ2n) is 20.7. The fourth-order valence-electron chi connectivity index (χ4n) is 11.5. The fraction of sp³-hybridized carbons (Fsp3) is 0.490. The minimum absolute atomic E-state index is 0.0197. The summed E-state index contributed by atoms with van der Waals surface area (Å²) in [4.78, 5) is 65.7. The molecule has 5 aromatic rings. The van der Waals surface area contributed by atoms with Gasteiger partial charge in [0, 0.05) is 74.7 Å². The number of nitrogens with one attached hydrogen (secondary N) is 2. The van der Waals surface area contributed by atoms with Crippen molar-refractivity contribution in [3.63, 3.8) is 0 Å². The van der Waals surface area contributed by atoms with Crippen LogP contribution in [0.3, 0.4) is 0 Å². The number of aromatic hydroxyl groups is 1. The number of aliphatic hydroxyl groups is 1. The Balaban J connectivity index is 0.736. The lowest BCUT2D eigenvalue weighted by atomic mass is 9.85. The number of piperazine rings is 1. The minimum Gasteiger partial charge on any atom is -0.507 e. The highest BCUT2D eigenvalue weighted by Gasteiger charge is 2.47. The lowest BCUT2D eigenvalue weighted by molar-refractivity contribution is -0.144. The molecule has 6 N–H and O–H groups in total. The van der Waals surface area contributed by atoms with Crippen LogP contribution < -0.4 is 26.2 Å². The number of aliphatic hydroxyl groups excluding tert-OH is 1. The van der Waals surface area contributed by atoms with Gasteiger partial charge in [-0.25, -0.2) is 15.0 Å². The molecule has 5 fully saturated rings. The number of thiazole rings is 1. The molecule has 4 bridgehead atoms. The normalized spacial score (nSPS) is 24.9. The molecule has 0 saturated carbocycles. The summed E-state index contributed by atoms with van der Waals surface area (Å²) in [5.41, 5.74) is 13.6. The number of nitrogens with two attached hydrogens (primary N) is 1. The Kier molecular flexibility index (Phi) is 12.8. The summed E-state index contributed by atoms with van der Waals surface area (Å²) in [6, 6.07) is 16.1. The van der Waals surface area contributed by atoms with Crippen LogP contribution in [-0.4, -0.2) is 131 Å². The van der Waals surface area contributed by atoms with Crippen LogP contribution in [0.1, 0.15) is 88.5 Å². The molecule has 18 heteroatoms. The lowest BCUT2D eigenvalue weighted by Gasteiger charge is -2.42. The number of rotatable bonds is 12. The Morgan fingerprint density at radius 1 is 0.884 bits per heavy atom. The number of nitrogens with zero attached hydrogens (tertiary/aromatic N) is 9. The summed E-state index contributed by atoms with van der Waals surface area (Å²) in [5, 5.41) is 35.8. The van der Waals surface area contributed by atoms with E-state index in [1.54, 1.807) is 23.5 Å². The molecule has 0 spiro atoms. The Hall–Kier alpha value is -6.24. The quantitative estimate of drug-likeness (QED) is 0.111. The van der Waals surface area contributed by atoms with Crippen LogP contribution in [0.5, 0.6) is 5.75 Å². The zero-order valence-corrected chi connectivity index (χ0v) is 40.5. The first kappa shape index (κ1) is 46.5. The number of hydrogen-bond donors (Lipinski definition) is 5. The molecule has 7 atom stereocenters. The number of aromatic nitrogens is 5. The SMILES string of the molecule is Cc1ncsc1-c1ccc(CNC(=O)[C@@H]2C[C@@H](O)CN2C(=O)[C@@H](NC(=O)CN2C3CCC2CC(c2cnc(N4C5CCC4CN(c4cc(-c6ccccc6O)nnc4N)C5)nc2)C3)C(C)(C)C)cc1. The van der Waals surface area contributed by atoms with E-state index in [-0.39, 0.29) is 79.6 Å². The van der Waals surface area contributed by atoms with Crippen molar-refractivity contribution in [3.8, 4) is 27.4 Å². The first-order valence-corrected chi connectivity index (χ1v) is 25.1. The van der Waals surface area contributed by atoms with Crippen molar-refractivity contribution in [3.05, 3.63) is 89.3 Å². The monoisotopic (exact) mass is 954 g/mol. The molecule has 17 nitrogen and oxygen atoms in total. The van der Waals surface area contributed by atoms with E-state index in [0.717, 1.165) is 90.5 Å². The number of piperidine rings is 1. The molecular weight excluding hydrogens is 893 g/mol. The molecular formula is C51H62N12O5S. The third-order valence-corrected chi connectivity index (χ3v) is 16.1. The number of phenols is 1. The molecule has 5 aliphatic rings. The van der Waals surface area contributed by atoms with Gasteiger partial charge in [0.05, 0.1) is 40.1 Å². The van der Waals surface area contributed by atoms with Gasteiger partial charge in [-0.1, -0.05) is 57.2 Å². The molecule has 3 aromatic heterocycles. The molecule has 10 rings (SSSR count).